The van der Waals surface area contributed by atoms with Gasteiger partial charge in [0.2, 0.25) is 5.91 Å². The molecule has 0 N–H and O–H groups in total. The highest BCUT2D eigenvalue weighted by atomic mass is 16.5. The largest absolute Gasteiger partial charge is 0.484 e. The van der Waals surface area contributed by atoms with E-state index in [-0.39, 0.29) is 24.3 Å². The molecule has 1 fully saturated rings. The number of carbonyl (C=O) groups excluding carboxylic acids is 2. The fourth-order valence-corrected chi connectivity index (χ4v) is 2.51. The molecule has 0 spiro atoms. The maximum atomic E-state index is 12.2. The number of nitrogens with zero attached hydrogens (tertiary/aromatic N) is 2. The van der Waals surface area contributed by atoms with Crippen LogP contribution < -0.4 is 4.74 Å². The standard InChI is InChI=1S/C17H24N2O3/c1-14(2)17(21)19-10-6-9-18(11-12-19)16(20)13-22-15-7-4-3-5-8-15/h3-5,7-8,14H,6,9-13H2,1-2H3. The zero-order valence-electron chi connectivity index (χ0n) is 13.3. The second kappa shape index (κ2) is 7.82. The first-order valence-corrected chi connectivity index (χ1v) is 7.82. The second-order valence-electron chi connectivity index (χ2n) is 5.82. The number of hydrogen-bond donors (Lipinski definition) is 0. The fraction of sp³-hybridized carbons (Fsp3) is 0.529. The average molecular weight is 304 g/mol. The summed E-state index contributed by atoms with van der Waals surface area (Å²) in [6, 6.07) is 9.32. The van der Waals surface area contributed by atoms with Gasteiger partial charge in [-0.1, -0.05) is 32.0 Å². The number of para-hydroxylation sites is 1. The van der Waals surface area contributed by atoms with Gasteiger partial charge < -0.3 is 14.5 Å². The molecule has 5 nitrogen and oxygen atoms in total. The van der Waals surface area contributed by atoms with E-state index in [2.05, 4.69) is 0 Å². The molecule has 0 unspecified atom stereocenters. The summed E-state index contributed by atoms with van der Waals surface area (Å²) in [7, 11) is 0. The molecule has 0 aliphatic carbocycles. The highest BCUT2D eigenvalue weighted by Crippen LogP contribution is 2.10. The average Bonchev–Trinajstić information content (AvgIpc) is 2.78. The number of ether oxygens (including phenoxy) is 1. The summed E-state index contributed by atoms with van der Waals surface area (Å²) in [5.41, 5.74) is 0. The second-order valence-corrected chi connectivity index (χ2v) is 5.82. The molecule has 0 aromatic heterocycles. The lowest BCUT2D eigenvalue weighted by molar-refractivity contribution is -0.136. The van der Waals surface area contributed by atoms with E-state index in [0.29, 0.717) is 25.4 Å². The van der Waals surface area contributed by atoms with Crippen molar-refractivity contribution in [1.82, 2.24) is 9.80 Å². The molecule has 1 aliphatic rings. The van der Waals surface area contributed by atoms with Crippen LogP contribution in [0.4, 0.5) is 0 Å². The first-order valence-electron chi connectivity index (χ1n) is 7.82. The summed E-state index contributed by atoms with van der Waals surface area (Å²) >= 11 is 0. The van der Waals surface area contributed by atoms with E-state index < -0.39 is 0 Å². The van der Waals surface area contributed by atoms with Crippen molar-refractivity contribution in [2.45, 2.75) is 20.3 Å². The van der Waals surface area contributed by atoms with Gasteiger partial charge in [0.05, 0.1) is 0 Å². The van der Waals surface area contributed by atoms with Gasteiger partial charge in [0, 0.05) is 32.1 Å². The molecule has 1 heterocycles. The van der Waals surface area contributed by atoms with Crippen LogP contribution in [0.5, 0.6) is 5.75 Å². The lowest BCUT2D eigenvalue weighted by Gasteiger charge is -2.23. The van der Waals surface area contributed by atoms with E-state index in [1.165, 1.54) is 0 Å². The molecule has 5 heteroatoms. The van der Waals surface area contributed by atoms with Crippen molar-refractivity contribution in [3.8, 4) is 5.75 Å². The molecule has 0 bridgehead atoms. The molecule has 1 aromatic carbocycles. The Morgan fingerprint density at radius 3 is 2.36 bits per heavy atom. The molecule has 120 valence electrons. The van der Waals surface area contributed by atoms with E-state index >= 15 is 0 Å². The molecule has 2 amide bonds. The quantitative estimate of drug-likeness (QED) is 0.852. The van der Waals surface area contributed by atoms with E-state index in [9.17, 15) is 9.59 Å². The Balaban J connectivity index is 1.83. The minimum Gasteiger partial charge on any atom is -0.484 e. The van der Waals surface area contributed by atoms with E-state index in [0.717, 1.165) is 13.0 Å². The monoisotopic (exact) mass is 304 g/mol. The molecule has 0 radical (unpaired) electrons. The molecule has 1 aliphatic heterocycles. The highest BCUT2D eigenvalue weighted by Gasteiger charge is 2.23. The summed E-state index contributed by atoms with van der Waals surface area (Å²) in [5, 5.41) is 0. The Hall–Kier alpha value is -2.04. The summed E-state index contributed by atoms with van der Waals surface area (Å²) in [6.45, 7) is 6.44. The van der Waals surface area contributed by atoms with Gasteiger partial charge in [0.15, 0.2) is 6.61 Å². The lowest BCUT2D eigenvalue weighted by Crippen LogP contribution is -2.40. The zero-order chi connectivity index (χ0) is 15.9. The van der Waals surface area contributed by atoms with Gasteiger partial charge in [-0.15, -0.1) is 0 Å². The number of rotatable bonds is 4. The van der Waals surface area contributed by atoms with Crippen LogP contribution in [-0.2, 0) is 9.59 Å². The van der Waals surface area contributed by atoms with Crippen LogP contribution in [0.1, 0.15) is 20.3 Å². The van der Waals surface area contributed by atoms with E-state index in [1.54, 1.807) is 4.90 Å². The Kier molecular flexibility index (Phi) is 5.81. The van der Waals surface area contributed by atoms with Crippen LogP contribution in [0.15, 0.2) is 30.3 Å². The van der Waals surface area contributed by atoms with Crippen molar-refractivity contribution in [3.05, 3.63) is 30.3 Å². The van der Waals surface area contributed by atoms with Gasteiger partial charge >= 0.3 is 0 Å². The highest BCUT2D eigenvalue weighted by molar-refractivity contribution is 5.79. The molecule has 1 aromatic rings. The Bertz CT molecular complexity index is 502. The molecular formula is C17H24N2O3. The summed E-state index contributed by atoms with van der Waals surface area (Å²) in [5.74, 6) is 0.837. The summed E-state index contributed by atoms with van der Waals surface area (Å²) in [4.78, 5) is 27.9. The number of benzene rings is 1. The van der Waals surface area contributed by atoms with Crippen LogP contribution in [0.25, 0.3) is 0 Å². The predicted molar refractivity (Wildman–Crippen MR) is 84.6 cm³/mol. The Labute approximate surface area is 131 Å². The lowest BCUT2D eigenvalue weighted by atomic mass is 10.2. The molecular weight excluding hydrogens is 280 g/mol. The zero-order valence-corrected chi connectivity index (χ0v) is 13.3. The Morgan fingerprint density at radius 1 is 1.05 bits per heavy atom. The maximum absolute atomic E-state index is 12.2. The van der Waals surface area contributed by atoms with Crippen molar-refractivity contribution in [1.29, 1.82) is 0 Å². The smallest absolute Gasteiger partial charge is 0.260 e. The van der Waals surface area contributed by atoms with Gasteiger partial charge in [-0.3, -0.25) is 9.59 Å². The number of amides is 2. The van der Waals surface area contributed by atoms with Crippen molar-refractivity contribution in [2.75, 3.05) is 32.8 Å². The maximum Gasteiger partial charge on any atom is 0.260 e. The topological polar surface area (TPSA) is 49.9 Å². The first-order chi connectivity index (χ1) is 10.6. The molecule has 1 saturated heterocycles. The molecule has 0 atom stereocenters. The van der Waals surface area contributed by atoms with Gasteiger partial charge in [-0.2, -0.15) is 0 Å². The van der Waals surface area contributed by atoms with E-state index in [4.69, 9.17) is 4.74 Å². The SMILES string of the molecule is CC(C)C(=O)N1CCCN(C(=O)COc2ccccc2)CC1. The van der Waals surface area contributed by atoms with Crippen LogP contribution in [0.2, 0.25) is 0 Å². The van der Waals surface area contributed by atoms with Crippen molar-refractivity contribution in [2.24, 2.45) is 5.92 Å². The van der Waals surface area contributed by atoms with E-state index in [1.807, 2.05) is 49.1 Å². The fourth-order valence-electron chi connectivity index (χ4n) is 2.51. The molecule has 2 rings (SSSR count). The molecule has 0 saturated carbocycles. The number of carbonyl (C=O) groups is 2. The van der Waals surface area contributed by atoms with Crippen molar-refractivity contribution in [3.63, 3.8) is 0 Å². The first kappa shape index (κ1) is 16.3. The van der Waals surface area contributed by atoms with Gasteiger partial charge in [0.1, 0.15) is 5.75 Å². The third-order valence-electron chi connectivity index (χ3n) is 3.76. The van der Waals surface area contributed by atoms with Crippen LogP contribution in [0, 0.1) is 5.92 Å². The van der Waals surface area contributed by atoms with Crippen molar-refractivity contribution < 1.29 is 14.3 Å². The third kappa shape index (κ3) is 4.48. The van der Waals surface area contributed by atoms with Crippen molar-refractivity contribution >= 4 is 11.8 Å². The normalized spacial score (nSPS) is 15.6. The molecule has 22 heavy (non-hydrogen) atoms. The van der Waals surface area contributed by atoms with Gasteiger partial charge in [0.25, 0.3) is 5.91 Å². The third-order valence-corrected chi connectivity index (χ3v) is 3.76. The number of hydrogen-bond acceptors (Lipinski definition) is 3. The Morgan fingerprint density at radius 2 is 1.68 bits per heavy atom. The van der Waals surface area contributed by atoms with Gasteiger partial charge in [-0.25, -0.2) is 0 Å². The van der Waals surface area contributed by atoms with Crippen LogP contribution in [0.3, 0.4) is 0 Å². The van der Waals surface area contributed by atoms with Crippen LogP contribution in [-0.4, -0.2) is 54.4 Å². The summed E-state index contributed by atoms with van der Waals surface area (Å²) in [6.07, 6.45) is 0.815. The minimum atomic E-state index is -0.0253. The predicted octanol–water partition coefficient (Wildman–Crippen LogP) is 1.78. The summed E-state index contributed by atoms with van der Waals surface area (Å²) < 4.78 is 5.50. The van der Waals surface area contributed by atoms with Gasteiger partial charge in [-0.05, 0) is 18.6 Å². The van der Waals surface area contributed by atoms with Crippen LogP contribution >= 0.6 is 0 Å². The minimum absolute atomic E-state index is 0.00339.